The number of amides is 1. The molecule has 0 spiro atoms. The van der Waals surface area contributed by atoms with Crippen LogP contribution in [-0.2, 0) is 11.3 Å². The first-order valence-corrected chi connectivity index (χ1v) is 7.54. The smallest absolute Gasteiger partial charge is 0.217 e. The van der Waals surface area contributed by atoms with Gasteiger partial charge in [-0.15, -0.1) is 10.2 Å². The van der Waals surface area contributed by atoms with Crippen molar-refractivity contribution in [1.29, 1.82) is 0 Å². The Morgan fingerprint density at radius 2 is 2.16 bits per heavy atom. The van der Waals surface area contributed by atoms with Gasteiger partial charge in [0, 0.05) is 32.6 Å². The van der Waals surface area contributed by atoms with E-state index in [9.17, 15) is 4.79 Å². The zero-order valence-electron chi connectivity index (χ0n) is 11.5. The lowest BCUT2D eigenvalue weighted by Crippen LogP contribution is -2.43. The highest BCUT2D eigenvalue weighted by molar-refractivity contribution is 7.15. The van der Waals surface area contributed by atoms with E-state index in [1.54, 1.807) is 18.3 Å². The Hall–Kier alpha value is -1.21. The highest BCUT2D eigenvalue weighted by atomic mass is 32.1. The molecule has 0 saturated carbocycles. The maximum absolute atomic E-state index is 11.0. The van der Waals surface area contributed by atoms with Crippen LogP contribution >= 0.6 is 11.3 Å². The monoisotopic (exact) mass is 283 g/mol. The van der Waals surface area contributed by atoms with Crippen LogP contribution in [0.3, 0.4) is 0 Å². The zero-order valence-corrected chi connectivity index (χ0v) is 12.3. The zero-order chi connectivity index (χ0) is 13.7. The first kappa shape index (κ1) is 14.2. The van der Waals surface area contributed by atoms with Crippen LogP contribution in [0, 0.1) is 0 Å². The number of aromatic nitrogens is 2. The Morgan fingerprint density at radius 3 is 2.79 bits per heavy atom. The van der Waals surface area contributed by atoms with E-state index in [4.69, 9.17) is 0 Å². The highest BCUT2D eigenvalue weighted by Gasteiger charge is 2.20. The number of nitrogens with zero attached hydrogens (tertiary/aromatic N) is 3. The Kier molecular flexibility index (Phi) is 5.09. The molecule has 6 nitrogen and oxygen atoms in total. The van der Waals surface area contributed by atoms with Gasteiger partial charge >= 0.3 is 0 Å². The van der Waals surface area contributed by atoms with Crippen molar-refractivity contribution >= 4 is 22.4 Å². The van der Waals surface area contributed by atoms with E-state index in [2.05, 4.69) is 25.7 Å². The SMILES string of the molecule is CCNc1nnc(CN2CCC(NC(C)=O)CC2)s1. The molecule has 1 aromatic heterocycles. The van der Waals surface area contributed by atoms with Crippen LogP contribution in [0.4, 0.5) is 5.13 Å². The van der Waals surface area contributed by atoms with E-state index < -0.39 is 0 Å². The molecule has 0 bridgehead atoms. The minimum absolute atomic E-state index is 0.0675. The third kappa shape index (κ3) is 4.43. The molecule has 1 fully saturated rings. The van der Waals surface area contributed by atoms with Gasteiger partial charge in [0.15, 0.2) is 0 Å². The van der Waals surface area contributed by atoms with Crippen LogP contribution < -0.4 is 10.6 Å². The Bertz CT molecular complexity index is 414. The van der Waals surface area contributed by atoms with E-state index in [-0.39, 0.29) is 5.91 Å². The summed E-state index contributed by atoms with van der Waals surface area (Å²) in [6.07, 6.45) is 2.02. The average molecular weight is 283 g/mol. The summed E-state index contributed by atoms with van der Waals surface area (Å²) in [5, 5.41) is 16.4. The third-order valence-corrected chi connectivity index (χ3v) is 4.01. The molecule has 1 saturated heterocycles. The van der Waals surface area contributed by atoms with Gasteiger partial charge in [-0.05, 0) is 19.8 Å². The van der Waals surface area contributed by atoms with E-state index in [0.717, 1.165) is 49.2 Å². The van der Waals surface area contributed by atoms with Gasteiger partial charge in [-0.1, -0.05) is 11.3 Å². The molecule has 0 aliphatic carbocycles. The number of carbonyl (C=O) groups excluding carboxylic acids is 1. The van der Waals surface area contributed by atoms with E-state index >= 15 is 0 Å². The molecule has 1 amide bonds. The minimum atomic E-state index is 0.0675. The van der Waals surface area contributed by atoms with Crippen molar-refractivity contribution in [3.8, 4) is 0 Å². The standard InChI is InChI=1S/C12H21N5OS/c1-3-13-12-16-15-11(19-12)8-17-6-4-10(5-7-17)14-9(2)18/h10H,3-8H2,1-2H3,(H,13,16)(H,14,18). The summed E-state index contributed by atoms with van der Waals surface area (Å²) < 4.78 is 0. The maximum Gasteiger partial charge on any atom is 0.217 e. The highest BCUT2D eigenvalue weighted by Crippen LogP contribution is 2.19. The van der Waals surface area contributed by atoms with Gasteiger partial charge in [-0.3, -0.25) is 9.69 Å². The molecule has 1 aliphatic rings. The maximum atomic E-state index is 11.0. The molecule has 1 aliphatic heterocycles. The van der Waals surface area contributed by atoms with Crippen LogP contribution in [0.15, 0.2) is 0 Å². The summed E-state index contributed by atoms with van der Waals surface area (Å²) in [5.74, 6) is 0.0675. The lowest BCUT2D eigenvalue weighted by molar-refractivity contribution is -0.119. The summed E-state index contributed by atoms with van der Waals surface area (Å²) >= 11 is 1.62. The van der Waals surface area contributed by atoms with Crippen LogP contribution in [0.2, 0.25) is 0 Å². The van der Waals surface area contributed by atoms with Crippen molar-refractivity contribution in [2.45, 2.75) is 39.3 Å². The number of carbonyl (C=O) groups is 1. The largest absolute Gasteiger partial charge is 0.360 e. The van der Waals surface area contributed by atoms with E-state index in [0.29, 0.717) is 6.04 Å². The molecule has 106 valence electrons. The molecular weight excluding hydrogens is 262 g/mol. The molecular formula is C12H21N5OS. The summed E-state index contributed by atoms with van der Waals surface area (Å²) in [6.45, 7) is 7.36. The van der Waals surface area contributed by atoms with Crippen LogP contribution in [0.5, 0.6) is 0 Å². The second-order valence-electron chi connectivity index (χ2n) is 4.78. The molecule has 7 heteroatoms. The predicted octanol–water partition coefficient (Wildman–Crippen LogP) is 1.07. The van der Waals surface area contributed by atoms with Crippen LogP contribution in [-0.4, -0.2) is 46.7 Å². The minimum Gasteiger partial charge on any atom is -0.360 e. The predicted molar refractivity (Wildman–Crippen MR) is 76.2 cm³/mol. The number of likely N-dealkylation sites (tertiary alicyclic amines) is 1. The summed E-state index contributed by atoms with van der Waals surface area (Å²) in [6, 6.07) is 0.334. The van der Waals surface area contributed by atoms with Crippen molar-refractivity contribution in [3.05, 3.63) is 5.01 Å². The Morgan fingerprint density at radius 1 is 1.42 bits per heavy atom. The van der Waals surface area contributed by atoms with Gasteiger partial charge in [0.25, 0.3) is 0 Å². The van der Waals surface area contributed by atoms with Crippen molar-refractivity contribution in [2.75, 3.05) is 25.0 Å². The molecule has 1 aromatic rings. The van der Waals surface area contributed by atoms with Gasteiger partial charge in [0.1, 0.15) is 5.01 Å². The van der Waals surface area contributed by atoms with E-state index in [1.165, 1.54) is 0 Å². The number of hydrogen-bond donors (Lipinski definition) is 2. The van der Waals surface area contributed by atoms with Gasteiger partial charge in [0.05, 0.1) is 6.54 Å². The molecule has 0 atom stereocenters. The van der Waals surface area contributed by atoms with Gasteiger partial charge < -0.3 is 10.6 Å². The van der Waals surface area contributed by atoms with E-state index in [1.807, 2.05) is 6.92 Å². The number of nitrogens with one attached hydrogen (secondary N) is 2. The lowest BCUT2D eigenvalue weighted by atomic mass is 10.1. The average Bonchev–Trinajstić information content (AvgIpc) is 2.79. The van der Waals surface area contributed by atoms with Gasteiger partial charge in [-0.2, -0.15) is 0 Å². The lowest BCUT2D eigenvalue weighted by Gasteiger charge is -2.31. The van der Waals surface area contributed by atoms with Crippen LogP contribution in [0.25, 0.3) is 0 Å². The fourth-order valence-corrected chi connectivity index (χ4v) is 3.10. The van der Waals surface area contributed by atoms with Crippen molar-refractivity contribution in [2.24, 2.45) is 0 Å². The van der Waals surface area contributed by atoms with Crippen molar-refractivity contribution < 1.29 is 4.79 Å². The topological polar surface area (TPSA) is 70.2 Å². The number of anilines is 1. The van der Waals surface area contributed by atoms with Gasteiger partial charge in [-0.25, -0.2) is 0 Å². The molecule has 0 radical (unpaired) electrons. The molecule has 2 heterocycles. The molecule has 2 rings (SSSR count). The molecule has 0 aromatic carbocycles. The summed E-state index contributed by atoms with van der Waals surface area (Å²) in [5.41, 5.74) is 0. The first-order chi connectivity index (χ1) is 9.17. The Balaban J connectivity index is 1.76. The third-order valence-electron chi connectivity index (χ3n) is 3.15. The van der Waals surface area contributed by atoms with Gasteiger partial charge in [0.2, 0.25) is 11.0 Å². The van der Waals surface area contributed by atoms with Crippen molar-refractivity contribution in [1.82, 2.24) is 20.4 Å². The summed E-state index contributed by atoms with van der Waals surface area (Å²) in [4.78, 5) is 13.4. The second-order valence-corrected chi connectivity index (χ2v) is 5.84. The molecule has 19 heavy (non-hydrogen) atoms. The fourth-order valence-electron chi connectivity index (χ4n) is 2.25. The van der Waals surface area contributed by atoms with Crippen LogP contribution in [0.1, 0.15) is 31.7 Å². The number of rotatable bonds is 5. The number of piperidine rings is 1. The fraction of sp³-hybridized carbons (Fsp3) is 0.750. The Labute approximate surface area is 117 Å². The molecule has 2 N–H and O–H groups in total. The number of hydrogen-bond acceptors (Lipinski definition) is 6. The summed E-state index contributed by atoms with van der Waals surface area (Å²) in [7, 11) is 0. The first-order valence-electron chi connectivity index (χ1n) is 6.73. The second kappa shape index (κ2) is 6.81. The molecule has 0 unspecified atom stereocenters. The normalized spacial score (nSPS) is 17.4. The van der Waals surface area contributed by atoms with Crippen molar-refractivity contribution in [3.63, 3.8) is 0 Å². The quantitative estimate of drug-likeness (QED) is 0.846.